The average molecular weight is 320 g/mol. The van der Waals surface area contributed by atoms with Crippen molar-refractivity contribution in [2.24, 2.45) is 5.10 Å². The smallest absolute Gasteiger partial charge is 0.453 e. The molecule has 0 saturated heterocycles. The largest absolute Gasteiger partial charge is 0.494 e. The van der Waals surface area contributed by atoms with Crippen LogP contribution in [0.2, 0.25) is 0 Å². The number of nitrogens with zero attached hydrogens (tertiary/aromatic N) is 3. The van der Waals surface area contributed by atoms with Gasteiger partial charge in [-0.15, -0.1) is 5.10 Å². The van der Waals surface area contributed by atoms with Gasteiger partial charge in [-0.25, -0.2) is 9.49 Å². The molecule has 1 aromatic carbocycles. The van der Waals surface area contributed by atoms with Crippen LogP contribution in [-0.2, 0) is 6.18 Å². The number of methoxy groups -OCH3 is 1. The van der Waals surface area contributed by atoms with Crippen molar-refractivity contribution < 1.29 is 22.3 Å². The van der Waals surface area contributed by atoms with Crippen molar-refractivity contribution in [1.29, 1.82) is 0 Å². The van der Waals surface area contributed by atoms with Crippen LogP contribution in [0.15, 0.2) is 23.3 Å². The van der Waals surface area contributed by atoms with Gasteiger partial charge in [-0.05, 0) is 36.0 Å². The Morgan fingerprint density at radius 2 is 2.14 bits per heavy atom. The van der Waals surface area contributed by atoms with E-state index < -0.39 is 17.8 Å². The second-order valence-electron chi connectivity index (χ2n) is 3.80. The summed E-state index contributed by atoms with van der Waals surface area (Å²) in [6, 6.07) is 3.83. The third-order valence-corrected chi connectivity index (χ3v) is 2.67. The van der Waals surface area contributed by atoms with Crippen LogP contribution in [0.3, 0.4) is 0 Å². The maximum atomic E-state index is 13.5. The van der Waals surface area contributed by atoms with Crippen molar-refractivity contribution in [2.45, 2.75) is 6.18 Å². The Kier molecular flexibility index (Phi) is 4.07. The molecule has 0 aliphatic heterocycles. The van der Waals surface area contributed by atoms with Gasteiger partial charge in [-0.3, -0.25) is 0 Å². The molecule has 1 N–H and O–H groups in total. The molecular formula is C11H8F4N4OS. The zero-order chi connectivity index (χ0) is 15.6. The van der Waals surface area contributed by atoms with Gasteiger partial charge < -0.3 is 4.74 Å². The number of hydrogen-bond donors (Lipinski definition) is 1. The van der Waals surface area contributed by atoms with Gasteiger partial charge in [0.05, 0.1) is 13.3 Å². The predicted octanol–water partition coefficient (Wildman–Crippen LogP) is 2.99. The number of alkyl halides is 3. The van der Waals surface area contributed by atoms with Crippen molar-refractivity contribution in [1.82, 2.24) is 14.9 Å². The number of nitrogens with one attached hydrogen (secondary N) is 1. The summed E-state index contributed by atoms with van der Waals surface area (Å²) in [5.74, 6) is -1.94. The van der Waals surface area contributed by atoms with Gasteiger partial charge in [0.25, 0.3) is 5.82 Å². The van der Waals surface area contributed by atoms with Gasteiger partial charge >= 0.3 is 6.18 Å². The van der Waals surface area contributed by atoms with Gasteiger partial charge in [-0.2, -0.15) is 22.9 Å². The van der Waals surface area contributed by atoms with E-state index in [1.165, 1.54) is 19.2 Å². The fourth-order valence-electron chi connectivity index (χ4n) is 1.47. The van der Waals surface area contributed by atoms with Gasteiger partial charge in [0.15, 0.2) is 11.6 Å². The first-order valence-electron chi connectivity index (χ1n) is 5.45. The van der Waals surface area contributed by atoms with Crippen LogP contribution in [0.25, 0.3) is 0 Å². The lowest BCUT2D eigenvalue weighted by atomic mass is 10.2. The topological polar surface area (TPSA) is 55.2 Å². The van der Waals surface area contributed by atoms with E-state index in [2.05, 4.69) is 22.4 Å². The van der Waals surface area contributed by atoms with E-state index >= 15 is 0 Å². The molecule has 0 aliphatic carbocycles. The lowest BCUT2D eigenvalue weighted by Gasteiger charge is -2.04. The van der Waals surface area contributed by atoms with Crippen LogP contribution in [0, 0.1) is 10.6 Å². The zero-order valence-corrected chi connectivity index (χ0v) is 11.3. The maximum absolute atomic E-state index is 13.5. The molecule has 0 radical (unpaired) electrons. The lowest BCUT2D eigenvalue weighted by Crippen LogP contribution is -2.12. The van der Waals surface area contributed by atoms with Gasteiger partial charge in [-0.1, -0.05) is 0 Å². The fourth-order valence-corrected chi connectivity index (χ4v) is 1.65. The SMILES string of the molecule is COc1ccc(/C=N\n2c(C(F)(F)F)n[nH]c2=S)cc1F. The van der Waals surface area contributed by atoms with Crippen molar-refractivity contribution in [3.05, 3.63) is 40.2 Å². The molecule has 112 valence electrons. The van der Waals surface area contributed by atoms with Crippen LogP contribution in [0.5, 0.6) is 5.75 Å². The summed E-state index contributed by atoms with van der Waals surface area (Å²) in [6.07, 6.45) is -3.68. The van der Waals surface area contributed by atoms with E-state index in [1.54, 1.807) is 0 Å². The number of hydrogen-bond acceptors (Lipinski definition) is 4. The van der Waals surface area contributed by atoms with Crippen LogP contribution in [-0.4, -0.2) is 28.2 Å². The van der Waals surface area contributed by atoms with Gasteiger partial charge in [0.1, 0.15) is 0 Å². The highest BCUT2D eigenvalue weighted by atomic mass is 32.1. The Labute approximate surface area is 120 Å². The number of benzene rings is 1. The summed E-state index contributed by atoms with van der Waals surface area (Å²) in [7, 11) is 1.30. The third kappa shape index (κ3) is 3.27. The summed E-state index contributed by atoms with van der Waals surface area (Å²) < 4.78 is 56.2. The van der Waals surface area contributed by atoms with Gasteiger partial charge in [0.2, 0.25) is 4.77 Å². The van der Waals surface area contributed by atoms with E-state index in [-0.39, 0.29) is 16.1 Å². The summed E-state index contributed by atoms with van der Waals surface area (Å²) >= 11 is 4.66. The standard InChI is InChI=1S/C11H8F4N4OS/c1-20-8-3-2-6(4-7(8)12)5-16-19-9(11(13,14)15)17-18-10(19)21/h2-5H,1H3,(H,18,21)/b16-5-. The van der Waals surface area contributed by atoms with Crippen LogP contribution >= 0.6 is 12.2 Å². The van der Waals surface area contributed by atoms with Crippen LogP contribution < -0.4 is 4.74 Å². The summed E-state index contributed by atoms with van der Waals surface area (Å²) in [5.41, 5.74) is 0.240. The molecule has 0 fully saturated rings. The highest BCUT2D eigenvalue weighted by molar-refractivity contribution is 7.71. The van der Waals surface area contributed by atoms with E-state index in [9.17, 15) is 17.6 Å². The molecule has 0 unspecified atom stereocenters. The van der Waals surface area contributed by atoms with Crippen molar-refractivity contribution in [2.75, 3.05) is 7.11 Å². The summed E-state index contributed by atoms with van der Waals surface area (Å²) in [5, 5.41) is 8.62. The lowest BCUT2D eigenvalue weighted by molar-refractivity contribution is -0.147. The molecule has 0 bridgehead atoms. The highest BCUT2D eigenvalue weighted by Crippen LogP contribution is 2.27. The number of rotatable bonds is 3. The summed E-state index contributed by atoms with van der Waals surface area (Å²) in [4.78, 5) is 0. The monoisotopic (exact) mass is 320 g/mol. The molecule has 2 aromatic rings. The van der Waals surface area contributed by atoms with Crippen LogP contribution in [0.4, 0.5) is 17.6 Å². The second kappa shape index (κ2) is 5.64. The number of aromatic amines is 1. The van der Waals surface area contributed by atoms with Crippen molar-refractivity contribution in [3.8, 4) is 5.75 Å². The number of halogens is 4. The molecule has 1 heterocycles. The second-order valence-corrected chi connectivity index (χ2v) is 4.19. The molecule has 1 aromatic heterocycles. The van der Waals surface area contributed by atoms with Gasteiger partial charge in [0, 0.05) is 0 Å². The minimum absolute atomic E-state index is 0.0167. The molecule has 0 amide bonds. The van der Waals surface area contributed by atoms with E-state index in [1.807, 2.05) is 5.10 Å². The first kappa shape index (κ1) is 15.2. The molecule has 0 atom stereocenters. The molecular weight excluding hydrogens is 312 g/mol. The van der Waals surface area contributed by atoms with Crippen LogP contribution in [0.1, 0.15) is 11.4 Å². The highest BCUT2D eigenvalue weighted by Gasteiger charge is 2.37. The molecule has 2 rings (SSSR count). The number of H-pyrrole nitrogens is 1. The first-order chi connectivity index (χ1) is 9.82. The average Bonchev–Trinajstić information content (AvgIpc) is 2.77. The Balaban J connectivity index is 2.36. The molecule has 0 spiro atoms. The fraction of sp³-hybridized carbons (Fsp3) is 0.182. The predicted molar refractivity (Wildman–Crippen MR) is 68.4 cm³/mol. The molecule has 5 nitrogen and oxygen atoms in total. The maximum Gasteiger partial charge on any atom is 0.453 e. The number of ether oxygens (including phenoxy) is 1. The molecule has 21 heavy (non-hydrogen) atoms. The van der Waals surface area contributed by atoms with E-state index in [0.29, 0.717) is 4.68 Å². The number of aromatic nitrogens is 3. The summed E-state index contributed by atoms with van der Waals surface area (Å²) in [6.45, 7) is 0. The Morgan fingerprint density at radius 3 is 2.71 bits per heavy atom. The first-order valence-corrected chi connectivity index (χ1v) is 5.86. The Morgan fingerprint density at radius 1 is 1.43 bits per heavy atom. The van der Waals surface area contributed by atoms with E-state index in [4.69, 9.17) is 4.74 Å². The molecule has 0 aliphatic rings. The minimum Gasteiger partial charge on any atom is -0.494 e. The molecule has 10 heteroatoms. The zero-order valence-electron chi connectivity index (χ0n) is 10.5. The normalized spacial score (nSPS) is 12.0. The quantitative estimate of drug-likeness (QED) is 0.537. The third-order valence-electron chi connectivity index (χ3n) is 2.40. The minimum atomic E-state index is -4.71. The van der Waals surface area contributed by atoms with Crippen molar-refractivity contribution >= 4 is 18.4 Å². The van der Waals surface area contributed by atoms with Crippen molar-refractivity contribution in [3.63, 3.8) is 0 Å². The Hall–Kier alpha value is -2.23. The molecule has 0 saturated carbocycles. The Bertz CT molecular complexity index is 735. The van der Waals surface area contributed by atoms with E-state index in [0.717, 1.165) is 12.3 Å².